The van der Waals surface area contributed by atoms with E-state index in [1.165, 1.54) is 6.26 Å². The molecule has 114 valence electrons. The molecular weight excluding hydrogens is 282 g/mol. The summed E-state index contributed by atoms with van der Waals surface area (Å²) >= 11 is 0. The van der Waals surface area contributed by atoms with Crippen LogP contribution in [0.5, 0.6) is 0 Å². The number of furan rings is 1. The van der Waals surface area contributed by atoms with Crippen LogP contribution in [0.4, 0.5) is 5.69 Å². The van der Waals surface area contributed by atoms with Crippen molar-refractivity contribution in [1.82, 2.24) is 10.6 Å². The van der Waals surface area contributed by atoms with Crippen molar-refractivity contribution in [3.63, 3.8) is 0 Å². The Hall–Kier alpha value is -2.60. The first-order valence-corrected chi connectivity index (χ1v) is 7.14. The van der Waals surface area contributed by atoms with Gasteiger partial charge >= 0.3 is 0 Å². The van der Waals surface area contributed by atoms with Crippen molar-refractivity contribution >= 4 is 17.5 Å². The van der Waals surface area contributed by atoms with Gasteiger partial charge in [-0.15, -0.1) is 0 Å². The van der Waals surface area contributed by atoms with Gasteiger partial charge < -0.3 is 20.4 Å². The number of carbonyl (C=O) groups excluding carboxylic acids is 2. The first kappa shape index (κ1) is 14.3. The summed E-state index contributed by atoms with van der Waals surface area (Å²) in [5.74, 6) is 0.148. The fourth-order valence-electron chi connectivity index (χ4n) is 2.11. The Labute approximate surface area is 127 Å². The van der Waals surface area contributed by atoms with Crippen LogP contribution in [0, 0.1) is 5.92 Å². The van der Waals surface area contributed by atoms with E-state index in [1.54, 1.807) is 24.3 Å². The summed E-state index contributed by atoms with van der Waals surface area (Å²) in [6.07, 6.45) is 1.46. The maximum atomic E-state index is 11.8. The largest absolute Gasteiger partial charge is 0.459 e. The van der Waals surface area contributed by atoms with Crippen molar-refractivity contribution in [2.24, 2.45) is 5.92 Å². The second kappa shape index (κ2) is 6.44. The van der Waals surface area contributed by atoms with Crippen LogP contribution in [0.1, 0.15) is 16.1 Å². The van der Waals surface area contributed by atoms with Gasteiger partial charge in [-0.05, 0) is 29.8 Å². The summed E-state index contributed by atoms with van der Waals surface area (Å²) in [7, 11) is 0. The minimum Gasteiger partial charge on any atom is -0.459 e. The van der Waals surface area contributed by atoms with Gasteiger partial charge in [-0.1, -0.05) is 12.1 Å². The maximum absolute atomic E-state index is 11.8. The molecule has 0 bridgehead atoms. The lowest BCUT2D eigenvalue weighted by molar-refractivity contribution is -0.126. The molecule has 0 radical (unpaired) electrons. The van der Waals surface area contributed by atoms with Crippen LogP contribution >= 0.6 is 0 Å². The Kier molecular flexibility index (Phi) is 4.20. The van der Waals surface area contributed by atoms with Gasteiger partial charge in [0.2, 0.25) is 5.91 Å². The molecule has 0 spiro atoms. The van der Waals surface area contributed by atoms with Crippen LogP contribution < -0.4 is 16.0 Å². The molecule has 1 aliphatic rings. The zero-order valence-corrected chi connectivity index (χ0v) is 12.0. The fraction of sp³-hybridized carbons (Fsp3) is 0.250. The Balaban J connectivity index is 1.51. The number of rotatable bonds is 5. The lowest BCUT2D eigenvalue weighted by Crippen LogP contribution is -2.50. The highest BCUT2D eigenvalue weighted by Crippen LogP contribution is 2.12. The number of carbonyl (C=O) groups is 2. The summed E-state index contributed by atoms with van der Waals surface area (Å²) in [5.41, 5.74) is 1.66. The van der Waals surface area contributed by atoms with Gasteiger partial charge in [-0.25, -0.2) is 0 Å². The van der Waals surface area contributed by atoms with E-state index in [4.69, 9.17) is 4.42 Å². The minimum atomic E-state index is -0.288. The van der Waals surface area contributed by atoms with Crippen molar-refractivity contribution in [2.75, 3.05) is 18.4 Å². The van der Waals surface area contributed by atoms with Crippen molar-refractivity contribution in [3.8, 4) is 0 Å². The van der Waals surface area contributed by atoms with Gasteiger partial charge in [-0.3, -0.25) is 9.59 Å². The smallest absolute Gasteiger partial charge is 0.291 e. The first-order chi connectivity index (χ1) is 10.7. The van der Waals surface area contributed by atoms with Crippen LogP contribution in [0.25, 0.3) is 0 Å². The lowest BCUT2D eigenvalue weighted by atomic mass is 10.0. The highest BCUT2D eigenvalue weighted by Gasteiger charge is 2.24. The number of benzene rings is 1. The quantitative estimate of drug-likeness (QED) is 0.778. The number of amides is 2. The van der Waals surface area contributed by atoms with Crippen LogP contribution in [-0.4, -0.2) is 24.9 Å². The van der Waals surface area contributed by atoms with E-state index in [0.29, 0.717) is 12.2 Å². The first-order valence-electron chi connectivity index (χ1n) is 7.14. The third-order valence-corrected chi connectivity index (χ3v) is 3.58. The van der Waals surface area contributed by atoms with E-state index in [-0.39, 0.29) is 23.5 Å². The predicted octanol–water partition coefficient (Wildman–Crippen LogP) is 1.37. The van der Waals surface area contributed by atoms with Gasteiger partial charge in [0.05, 0.1) is 12.2 Å². The summed E-state index contributed by atoms with van der Waals surface area (Å²) < 4.78 is 5.03. The second-order valence-electron chi connectivity index (χ2n) is 5.20. The average molecular weight is 299 g/mol. The number of nitrogens with one attached hydrogen (secondary N) is 3. The van der Waals surface area contributed by atoms with Gasteiger partial charge in [0, 0.05) is 25.3 Å². The normalized spacial score (nSPS) is 14.2. The number of hydrogen-bond donors (Lipinski definition) is 3. The summed E-state index contributed by atoms with van der Waals surface area (Å²) in [6.45, 7) is 1.99. The molecule has 1 aromatic heterocycles. The number of anilines is 1. The molecule has 1 aromatic carbocycles. The maximum Gasteiger partial charge on any atom is 0.291 e. The molecule has 3 N–H and O–H groups in total. The molecule has 6 nitrogen and oxygen atoms in total. The highest BCUT2D eigenvalue weighted by atomic mass is 16.3. The van der Waals surface area contributed by atoms with Crippen LogP contribution in [0.15, 0.2) is 47.1 Å². The Bertz CT molecular complexity index is 646. The molecule has 2 aromatic rings. The Morgan fingerprint density at radius 2 is 1.95 bits per heavy atom. The van der Waals surface area contributed by atoms with Gasteiger partial charge in [0.25, 0.3) is 5.91 Å². The van der Waals surface area contributed by atoms with Gasteiger partial charge in [-0.2, -0.15) is 0 Å². The summed E-state index contributed by atoms with van der Waals surface area (Å²) in [4.78, 5) is 23.5. The molecule has 22 heavy (non-hydrogen) atoms. The molecule has 1 aliphatic heterocycles. The fourth-order valence-corrected chi connectivity index (χ4v) is 2.11. The van der Waals surface area contributed by atoms with E-state index in [9.17, 15) is 9.59 Å². The van der Waals surface area contributed by atoms with E-state index in [2.05, 4.69) is 16.0 Å². The molecule has 1 saturated heterocycles. The average Bonchev–Trinajstić information content (AvgIpc) is 2.99. The zero-order valence-electron chi connectivity index (χ0n) is 12.0. The van der Waals surface area contributed by atoms with E-state index in [1.807, 2.05) is 12.1 Å². The lowest BCUT2D eigenvalue weighted by Gasteiger charge is -2.25. The summed E-state index contributed by atoms with van der Waals surface area (Å²) in [5, 5.41) is 8.72. The molecule has 0 saturated carbocycles. The molecular formula is C16H17N3O3. The standard InChI is InChI=1S/C16H17N3O3/c20-15(12-9-17-10-12)18-8-11-3-5-13(6-4-11)19-16(21)14-2-1-7-22-14/h1-7,12,17H,8-10H2,(H,18,20)(H,19,21). The van der Waals surface area contributed by atoms with Crippen LogP contribution in [0.2, 0.25) is 0 Å². The van der Waals surface area contributed by atoms with Crippen LogP contribution in [-0.2, 0) is 11.3 Å². The molecule has 0 unspecified atom stereocenters. The number of hydrogen-bond acceptors (Lipinski definition) is 4. The van der Waals surface area contributed by atoms with Crippen molar-refractivity contribution in [3.05, 3.63) is 54.0 Å². The minimum absolute atomic E-state index is 0.0777. The third-order valence-electron chi connectivity index (χ3n) is 3.58. The zero-order chi connectivity index (χ0) is 15.4. The van der Waals surface area contributed by atoms with E-state index >= 15 is 0 Å². The molecule has 2 amide bonds. The summed E-state index contributed by atoms with van der Waals surface area (Å²) in [6, 6.07) is 10.6. The molecule has 3 rings (SSSR count). The van der Waals surface area contributed by atoms with Gasteiger partial charge in [0.1, 0.15) is 0 Å². The Morgan fingerprint density at radius 1 is 1.18 bits per heavy atom. The van der Waals surface area contributed by atoms with E-state index in [0.717, 1.165) is 18.7 Å². The SMILES string of the molecule is O=C(Nc1ccc(CNC(=O)C2CNC2)cc1)c1ccco1. The topological polar surface area (TPSA) is 83.4 Å². The molecule has 6 heteroatoms. The van der Waals surface area contributed by atoms with Crippen molar-refractivity contribution in [2.45, 2.75) is 6.54 Å². The second-order valence-corrected chi connectivity index (χ2v) is 5.20. The highest BCUT2D eigenvalue weighted by molar-refractivity contribution is 6.02. The van der Waals surface area contributed by atoms with Crippen LogP contribution in [0.3, 0.4) is 0 Å². The van der Waals surface area contributed by atoms with Gasteiger partial charge in [0.15, 0.2) is 5.76 Å². The third kappa shape index (κ3) is 3.35. The van der Waals surface area contributed by atoms with Crippen molar-refractivity contribution < 1.29 is 14.0 Å². The van der Waals surface area contributed by atoms with Crippen molar-refractivity contribution in [1.29, 1.82) is 0 Å². The predicted molar refractivity (Wildman–Crippen MR) is 81.3 cm³/mol. The molecule has 1 fully saturated rings. The monoisotopic (exact) mass is 299 g/mol. The Morgan fingerprint density at radius 3 is 2.55 bits per heavy atom. The molecule has 0 aliphatic carbocycles. The molecule has 0 atom stereocenters. The molecule has 2 heterocycles. The van der Waals surface area contributed by atoms with E-state index < -0.39 is 0 Å².